The molecule has 0 amide bonds. The second-order valence-electron chi connectivity index (χ2n) is 3.58. The molecule has 0 aromatic carbocycles. The Bertz CT molecular complexity index is 202. The first-order valence-corrected chi connectivity index (χ1v) is 4.58. The molecule has 0 spiro atoms. The fourth-order valence-corrected chi connectivity index (χ4v) is 1.56. The molecule has 5 atom stereocenters. The largest absolute Gasteiger partial charge is 0.394 e. The van der Waals surface area contributed by atoms with Gasteiger partial charge in [-0.1, -0.05) is 6.92 Å². The second-order valence-corrected chi connectivity index (χ2v) is 3.58. The van der Waals surface area contributed by atoms with Crippen LogP contribution in [0.25, 0.3) is 0 Å². The number of hydrogen-bond donors (Lipinski definition) is 5. The Hall–Kier alpha value is -0.240. The summed E-state index contributed by atoms with van der Waals surface area (Å²) < 4.78 is 5.14. The Morgan fingerprint density at radius 1 is 1.50 bits per heavy atom. The Morgan fingerprint density at radius 2 is 2.07 bits per heavy atom. The molecule has 0 radical (unpaired) electrons. The van der Waals surface area contributed by atoms with E-state index in [4.69, 9.17) is 15.6 Å². The highest BCUT2D eigenvalue weighted by atomic mass is 16.6. The topological polar surface area (TPSA) is 116 Å². The first-order valence-electron chi connectivity index (χ1n) is 4.58. The van der Waals surface area contributed by atoms with Crippen LogP contribution in [-0.2, 0) is 4.74 Å². The van der Waals surface area contributed by atoms with Crippen LogP contribution < -0.4 is 5.73 Å². The van der Waals surface area contributed by atoms with Gasteiger partial charge in [0.1, 0.15) is 30.1 Å². The first-order chi connectivity index (χ1) is 6.46. The molecule has 0 aliphatic carbocycles. The highest BCUT2D eigenvalue weighted by Crippen LogP contribution is 2.31. The summed E-state index contributed by atoms with van der Waals surface area (Å²) in [6, 6.07) is 0. The quantitative estimate of drug-likeness (QED) is 0.350. The SMILES string of the molecule is CC[C@@]1(N)O[C@@H](C(O)CO)C(O)C1O. The smallest absolute Gasteiger partial charge is 0.145 e. The fraction of sp³-hybridized carbons (Fsp3) is 1.00. The van der Waals surface area contributed by atoms with Gasteiger partial charge in [0.05, 0.1) is 6.61 Å². The number of nitrogens with two attached hydrogens (primary N) is 1. The van der Waals surface area contributed by atoms with Crippen LogP contribution in [0.5, 0.6) is 0 Å². The van der Waals surface area contributed by atoms with Crippen LogP contribution in [0, 0.1) is 0 Å². The summed E-state index contributed by atoms with van der Waals surface area (Å²) in [5.41, 5.74) is 4.30. The molecule has 14 heavy (non-hydrogen) atoms. The lowest BCUT2D eigenvalue weighted by Crippen LogP contribution is -2.50. The number of aliphatic hydroxyl groups is 4. The molecule has 0 saturated carbocycles. The summed E-state index contributed by atoms with van der Waals surface area (Å²) in [6.45, 7) is 1.15. The third kappa shape index (κ3) is 1.77. The van der Waals surface area contributed by atoms with E-state index < -0.39 is 36.7 Å². The van der Waals surface area contributed by atoms with Gasteiger partial charge in [-0.15, -0.1) is 0 Å². The van der Waals surface area contributed by atoms with Gasteiger partial charge in [0.25, 0.3) is 0 Å². The standard InChI is InChI=1S/C8H17NO5/c1-2-8(9)7(13)5(12)6(14-8)4(11)3-10/h4-7,10-13H,2-3,9H2,1H3/t4?,5?,6-,7?,8+/m0/s1. The highest BCUT2D eigenvalue weighted by Gasteiger charge is 2.52. The molecule has 0 bridgehead atoms. The van der Waals surface area contributed by atoms with Crippen LogP contribution >= 0.6 is 0 Å². The Kier molecular flexibility index (Phi) is 3.46. The van der Waals surface area contributed by atoms with Crippen LogP contribution in [0.1, 0.15) is 13.3 Å². The molecule has 1 heterocycles. The predicted molar refractivity (Wildman–Crippen MR) is 47.2 cm³/mol. The minimum Gasteiger partial charge on any atom is -0.394 e. The molecular formula is C8H17NO5. The van der Waals surface area contributed by atoms with Gasteiger partial charge in [-0.3, -0.25) is 0 Å². The van der Waals surface area contributed by atoms with Crippen LogP contribution in [0.3, 0.4) is 0 Å². The van der Waals surface area contributed by atoms with Gasteiger partial charge < -0.3 is 30.9 Å². The summed E-state index contributed by atoms with van der Waals surface area (Å²) in [5, 5.41) is 37.0. The molecule has 1 saturated heterocycles. The number of aliphatic hydroxyl groups excluding tert-OH is 4. The minimum atomic E-state index is -1.35. The zero-order valence-corrected chi connectivity index (χ0v) is 8.00. The van der Waals surface area contributed by atoms with Crippen LogP contribution in [0.15, 0.2) is 0 Å². The normalized spacial score (nSPS) is 45.4. The Labute approximate surface area is 81.9 Å². The van der Waals surface area contributed by atoms with E-state index >= 15 is 0 Å². The Balaban J connectivity index is 2.76. The maximum atomic E-state index is 9.54. The number of ether oxygens (including phenoxy) is 1. The number of hydrogen-bond acceptors (Lipinski definition) is 6. The Morgan fingerprint density at radius 3 is 2.43 bits per heavy atom. The average Bonchev–Trinajstić information content (AvgIpc) is 2.43. The van der Waals surface area contributed by atoms with Gasteiger partial charge >= 0.3 is 0 Å². The lowest BCUT2D eigenvalue weighted by atomic mass is 9.99. The number of rotatable bonds is 3. The highest BCUT2D eigenvalue weighted by molar-refractivity contribution is 4.99. The van der Waals surface area contributed by atoms with E-state index in [1.807, 2.05) is 0 Å². The van der Waals surface area contributed by atoms with Gasteiger partial charge in [0.2, 0.25) is 0 Å². The molecule has 6 nitrogen and oxygen atoms in total. The average molecular weight is 207 g/mol. The minimum absolute atomic E-state index is 0.305. The van der Waals surface area contributed by atoms with E-state index in [1.165, 1.54) is 0 Å². The third-order valence-corrected chi connectivity index (χ3v) is 2.64. The van der Waals surface area contributed by atoms with Crippen molar-refractivity contribution in [3.63, 3.8) is 0 Å². The van der Waals surface area contributed by atoms with Crippen LogP contribution in [0.4, 0.5) is 0 Å². The van der Waals surface area contributed by atoms with Gasteiger partial charge in [-0.25, -0.2) is 0 Å². The van der Waals surface area contributed by atoms with Crippen LogP contribution in [0.2, 0.25) is 0 Å². The van der Waals surface area contributed by atoms with Crippen molar-refractivity contribution in [3.05, 3.63) is 0 Å². The van der Waals surface area contributed by atoms with Crippen molar-refractivity contribution in [2.45, 2.75) is 43.5 Å². The first kappa shape index (κ1) is 11.8. The monoisotopic (exact) mass is 207 g/mol. The lowest BCUT2D eigenvalue weighted by molar-refractivity contribution is -0.120. The van der Waals surface area contributed by atoms with E-state index in [9.17, 15) is 15.3 Å². The summed E-state index contributed by atoms with van der Waals surface area (Å²) in [5.74, 6) is 0. The predicted octanol–water partition coefficient (Wildman–Crippen LogP) is -2.47. The van der Waals surface area contributed by atoms with Gasteiger partial charge in [0.15, 0.2) is 0 Å². The molecule has 6 N–H and O–H groups in total. The van der Waals surface area contributed by atoms with E-state index in [-0.39, 0.29) is 0 Å². The second kappa shape index (κ2) is 4.09. The van der Waals surface area contributed by atoms with E-state index in [2.05, 4.69) is 0 Å². The maximum Gasteiger partial charge on any atom is 0.145 e. The summed E-state index contributed by atoms with van der Waals surface area (Å²) in [7, 11) is 0. The molecule has 1 aliphatic rings. The van der Waals surface area contributed by atoms with E-state index in [0.717, 1.165) is 0 Å². The molecule has 84 valence electrons. The zero-order chi connectivity index (χ0) is 10.9. The zero-order valence-electron chi connectivity index (χ0n) is 8.00. The fourth-order valence-electron chi connectivity index (χ4n) is 1.56. The molecule has 3 unspecified atom stereocenters. The van der Waals surface area contributed by atoms with Crippen molar-refractivity contribution in [2.24, 2.45) is 5.73 Å². The maximum absolute atomic E-state index is 9.54. The van der Waals surface area contributed by atoms with Crippen molar-refractivity contribution in [1.29, 1.82) is 0 Å². The summed E-state index contributed by atoms with van der Waals surface area (Å²) in [4.78, 5) is 0. The van der Waals surface area contributed by atoms with Gasteiger partial charge in [-0.2, -0.15) is 0 Å². The molecule has 1 fully saturated rings. The molecule has 1 rings (SSSR count). The molecular weight excluding hydrogens is 190 g/mol. The van der Waals surface area contributed by atoms with Crippen molar-refractivity contribution >= 4 is 0 Å². The lowest BCUT2D eigenvalue weighted by Gasteiger charge is -2.26. The molecule has 6 heteroatoms. The molecule has 0 aromatic heterocycles. The van der Waals surface area contributed by atoms with Crippen molar-refractivity contribution in [3.8, 4) is 0 Å². The van der Waals surface area contributed by atoms with Gasteiger partial charge in [-0.05, 0) is 6.42 Å². The summed E-state index contributed by atoms with van der Waals surface area (Å²) >= 11 is 0. The van der Waals surface area contributed by atoms with Crippen molar-refractivity contribution < 1.29 is 25.2 Å². The van der Waals surface area contributed by atoms with E-state index in [0.29, 0.717) is 6.42 Å². The van der Waals surface area contributed by atoms with E-state index in [1.54, 1.807) is 6.92 Å². The summed E-state index contributed by atoms with van der Waals surface area (Å²) in [6.07, 6.45) is -4.50. The molecule has 0 aromatic rings. The molecule has 1 aliphatic heterocycles. The van der Waals surface area contributed by atoms with Crippen molar-refractivity contribution in [2.75, 3.05) is 6.61 Å². The van der Waals surface area contributed by atoms with Crippen molar-refractivity contribution in [1.82, 2.24) is 0 Å². The third-order valence-electron chi connectivity index (χ3n) is 2.64. The van der Waals surface area contributed by atoms with Gasteiger partial charge in [0, 0.05) is 0 Å². The van der Waals surface area contributed by atoms with Crippen LogP contribution in [-0.4, -0.2) is 57.2 Å².